The molecule has 0 aliphatic heterocycles. The predicted molar refractivity (Wildman–Crippen MR) is 92.7 cm³/mol. The van der Waals surface area contributed by atoms with Gasteiger partial charge in [-0.25, -0.2) is 0 Å². The van der Waals surface area contributed by atoms with Crippen LogP contribution in [-0.4, -0.2) is 41.9 Å². The van der Waals surface area contributed by atoms with Gasteiger partial charge in [0, 0.05) is 37.5 Å². The lowest BCUT2D eigenvalue weighted by Gasteiger charge is -2.19. The molecule has 0 aliphatic carbocycles. The van der Waals surface area contributed by atoms with Crippen molar-refractivity contribution in [3.05, 3.63) is 40.7 Å². The van der Waals surface area contributed by atoms with Crippen molar-refractivity contribution in [3.8, 4) is 11.5 Å². The van der Waals surface area contributed by atoms with E-state index in [1.54, 1.807) is 44.4 Å². The summed E-state index contributed by atoms with van der Waals surface area (Å²) in [6, 6.07) is 5.20. The van der Waals surface area contributed by atoms with Crippen LogP contribution in [0.15, 0.2) is 18.2 Å². The molecule has 0 radical (unpaired) electrons. The number of amides is 1. The summed E-state index contributed by atoms with van der Waals surface area (Å²) in [6.07, 6.45) is 0. The van der Waals surface area contributed by atoms with Crippen molar-refractivity contribution in [2.45, 2.75) is 33.9 Å². The topological polar surface area (TPSA) is 56.6 Å². The van der Waals surface area contributed by atoms with Crippen LogP contribution in [0.5, 0.6) is 11.5 Å². The second-order valence-electron chi connectivity index (χ2n) is 5.69. The molecule has 1 aromatic carbocycles. The highest BCUT2D eigenvalue weighted by molar-refractivity contribution is 5.97. The van der Waals surface area contributed by atoms with E-state index in [1.165, 1.54) is 0 Å². The maximum Gasteiger partial charge on any atom is 0.257 e. The number of hydrogen-bond acceptors (Lipinski definition) is 4. The highest BCUT2D eigenvalue weighted by Gasteiger charge is 2.20. The normalized spacial score (nSPS) is 10.6. The molecule has 24 heavy (non-hydrogen) atoms. The Morgan fingerprint density at radius 3 is 2.50 bits per heavy atom. The summed E-state index contributed by atoms with van der Waals surface area (Å²) in [4.78, 5) is 14.5. The van der Waals surface area contributed by atoms with Crippen molar-refractivity contribution in [2.24, 2.45) is 0 Å². The molecule has 6 nitrogen and oxygen atoms in total. The molecule has 1 amide bonds. The van der Waals surface area contributed by atoms with Crippen LogP contribution in [0.2, 0.25) is 0 Å². The zero-order chi connectivity index (χ0) is 17.9. The molecule has 0 unspecified atom stereocenters. The first-order chi connectivity index (χ1) is 11.4. The molecule has 130 valence electrons. The van der Waals surface area contributed by atoms with Gasteiger partial charge in [0.1, 0.15) is 11.5 Å². The van der Waals surface area contributed by atoms with Gasteiger partial charge < -0.3 is 14.4 Å². The van der Waals surface area contributed by atoms with E-state index in [9.17, 15) is 4.79 Å². The molecule has 0 N–H and O–H groups in total. The third kappa shape index (κ3) is 3.37. The van der Waals surface area contributed by atoms with Gasteiger partial charge in [0.05, 0.1) is 25.5 Å². The zero-order valence-corrected chi connectivity index (χ0v) is 15.2. The predicted octanol–water partition coefficient (Wildman–Crippen LogP) is 2.81. The highest BCUT2D eigenvalue weighted by Crippen LogP contribution is 2.26. The fourth-order valence-electron chi connectivity index (χ4n) is 2.76. The van der Waals surface area contributed by atoms with E-state index in [1.807, 2.05) is 18.5 Å². The van der Waals surface area contributed by atoms with Gasteiger partial charge in [-0.1, -0.05) is 0 Å². The first kappa shape index (κ1) is 17.8. The van der Waals surface area contributed by atoms with Crippen molar-refractivity contribution >= 4 is 5.91 Å². The lowest BCUT2D eigenvalue weighted by atomic mass is 10.1. The number of carbonyl (C=O) groups is 1. The number of carbonyl (C=O) groups excluding carboxylic acids is 1. The van der Waals surface area contributed by atoms with Gasteiger partial charge >= 0.3 is 0 Å². The average Bonchev–Trinajstić information content (AvgIpc) is 2.87. The van der Waals surface area contributed by atoms with Gasteiger partial charge in [-0.2, -0.15) is 5.10 Å². The number of methoxy groups -OCH3 is 2. The van der Waals surface area contributed by atoms with Crippen LogP contribution in [0.25, 0.3) is 0 Å². The molecular formula is C18H25N3O3. The molecule has 1 heterocycles. The molecule has 0 aliphatic rings. The Morgan fingerprint density at radius 2 is 1.96 bits per heavy atom. The maximum absolute atomic E-state index is 12.8. The molecular weight excluding hydrogens is 306 g/mol. The van der Waals surface area contributed by atoms with Crippen molar-refractivity contribution < 1.29 is 14.3 Å². The Balaban J connectivity index is 2.26. The molecule has 0 saturated carbocycles. The largest absolute Gasteiger partial charge is 0.497 e. The summed E-state index contributed by atoms with van der Waals surface area (Å²) in [7, 11) is 4.92. The Labute approximate surface area is 143 Å². The number of ether oxygens (including phenoxy) is 2. The molecule has 0 spiro atoms. The van der Waals surface area contributed by atoms with Gasteiger partial charge in [-0.05, 0) is 32.9 Å². The van der Waals surface area contributed by atoms with E-state index >= 15 is 0 Å². The van der Waals surface area contributed by atoms with Gasteiger partial charge in [0.2, 0.25) is 0 Å². The van der Waals surface area contributed by atoms with E-state index < -0.39 is 0 Å². The lowest BCUT2D eigenvalue weighted by molar-refractivity contribution is 0.0781. The SMILES string of the molecule is CCn1nc(C)c(CN(C)C(=O)c2ccc(OC)cc2OC)c1C. The van der Waals surface area contributed by atoms with E-state index in [2.05, 4.69) is 12.0 Å². The number of aromatic nitrogens is 2. The van der Waals surface area contributed by atoms with Crippen molar-refractivity contribution in [2.75, 3.05) is 21.3 Å². The summed E-state index contributed by atoms with van der Waals surface area (Å²) in [5.41, 5.74) is 3.64. The molecule has 0 atom stereocenters. The van der Waals surface area contributed by atoms with Crippen LogP contribution in [0.4, 0.5) is 0 Å². The minimum atomic E-state index is -0.0995. The van der Waals surface area contributed by atoms with Crippen molar-refractivity contribution in [3.63, 3.8) is 0 Å². The van der Waals surface area contributed by atoms with Crippen LogP contribution in [0.1, 0.15) is 34.2 Å². The lowest BCUT2D eigenvalue weighted by Crippen LogP contribution is -2.27. The van der Waals surface area contributed by atoms with Crippen molar-refractivity contribution in [1.82, 2.24) is 14.7 Å². The fourth-order valence-corrected chi connectivity index (χ4v) is 2.76. The monoisotopic (exact) mass is 331 g/mol. The molecule has 1 aromatic heterocycles. The Hall–Kier alpha value is -2.50. The second kappa shape index (κ2) is 7.38. The summed E-state index contributed by atoms with van der Waals surface area (Å²) in [6.45, 7) is 7.38. The maximum atomic E-state index is 12.8. The average molecular weight is 331 g/mol. The molecule has 2 aromatic rings. The summed E-state index contributed by atoms with van der Waals surface area (Å²) in [5, 5.41) is 4.51. The van der Waals surface area contributed by atoms with Crippen LogP contribution in [0, 0.1) is 13.8 Å². The first-order valence-corrected chi connectivity index (χ1v) is 7.93. The van der Waals surface area contributed by atoms with Crippen LogP contribution in [0.3, 0.4) is 0 Å². The molecule has 0 bridgehead atoms. The third-order valence-corrected chi connectivity index (χ3v) is 4.21. The standard InChI is InChI=1S/C18H25N3O3/c1-7-21-13(3)16(12(2)19-21)11-20(4)18(22)15-9-8-14(23-5)10-17(15)24-6/h8-10H,7,11H2,1-6H3. The van der Waals surface area contributed by atoms with E-state index in [0.717, 1.165) is 23.5 Å². The van der Waals surface area contributed by atoms with Crippen LogP contribution < -0.4 is 9.47 Å². The second-order valence-corrected chi connectivity index (χ2v) is 5.69. The third-order valence-electron chi connectivity index (χ3n) is 4.21. The van der Waals surface area contributed by atoms with E-state index in [-0.39, 0.29) is 5.91 Å². The fraction of sp³-hybridized carbons (Fsp3) is 0.444. The Kier molecular flexibility index (Phi) is 5.49. The number of aryl methyl sites for hydroxylation is 2. The van der Waals surface area contributed by atoms with Crippen molar-refractivity contribution in [1.29, 1.82) is 0 Å². The first-order valence-electron chi connectivity index (χ1n) is 7.93. The molecule has 0 saturated heterocycles. The number of nitrogens with zero attached hydrogens (tertiary/aromatic N) is 3. The Morgan fingerprint density at radius 1 is 1.25 bits per heavy atom. The van der Waals surface area contributed by atoms with E-state index in [0.29, 0.717) is 23.6 Å². The number of hydrogen-bond donors (Lipinski definition) is 0. The smallest absolute Gasteiger partial charge is 0.257 e. The minimum absolute atomic E-state index is 0.0995. The summed E-state index contributed by atoms with van der Waals surface area (Å²) in [5.74, 6) is 1.06. The van der Waals surface area contributed by atoms with E-state index in [4.69, 9.17) is 9.47 Å². The summed E-state index contributed by atoms with van der Waals surface area (Å²) >= 11 is 0. The molecule has 0 fully saturated rings. The summed E-state index contributed by atoms with van der Waals surface area (Å²) < 4.78 is 12.5. The Bertz CT molecular complexity index is 737. The van der Waals surface area contributed by atoms with Gasteiger partial charge in [-0.3, -0.25) is 9.48 Å². The zero-order valence-electron chi connectivity index (χ0n) is 15.2. The molecule has 2 rings (SSSR count). The van der Waals surface area contributed by atoms with Gasteiger partial charge in [0.15, 0.2) is 0 Å². The number of benzene rings is 1. The quantitative estimate of drug-likeness (QED) is 0.817. The minimum Gasteiger partial charge on any atom is -0.497 e. The molecule has 6 heteroatoms. The van der Waals surface area contributed by atoms with Crippen LogP contribution >= 0.6 is 0 Å². The van der Waals surface area contributed by atoms with Gasteiger partial charge in [0.25, 0.3) is 5.91 Å². The highest BCUT2D eigenvalue weighted by atomic mass is 16.5. The number of rotatable bonds is 6. The van der Waals surface area contributed by atoms with Crippen LogP contribution in [-0.2, 0) is 13.1 Å². The van der Waals surface area contributed by atoms with Gasteiger partial charge in [-0.15, -0.1) is 0 Å².